The maximum Gasteiger partial charge on any atom is 0.166 e. The molecule has 1 aliphatic rings. The maximum atomic E-state index is 13.7. The largest absolute Gasteiger partial charge is 0.379 e. The van der Waals surface area contributed by atoms with Crippen molar-refractivity contribution in [2.45, 2.75) is 13.0 Å². The van der Waals surface area contributed by atoms with Crippen LogP contribution in [0, 0.1) is 11.6 Å². The van der Waals surface area contributed by atoms with Crippen LogP contribution in [0.3, 0.4) is 0 Å². The van der Waals surface area contributed by atoms with Gasteiger partial charge in [0.1, 0.15) is 0 Å². The molecule has 0 spiro atoms. The minimum Gasteiger partial charge on any atom is -0.379 e. The van der Waals surface area contributed by atoms with Gasteiger partial charge in [0.15, 0.2) is 11.6 Å². The van der Waals surface area contributed by atoms with Crippen LogP contribution < -0.4 is 10.2 Å². The van der Waals surface area contributed by atoms with E-state index in [4.69, 9.17) is 0 Å². The summed E-state index contributed by atoms with van der Waals surface area (Å²) in [5.74, 6) is -1.70. The van der Waals surface area contributed by atoms with Crippen LogP contribution in [0.5, 0.6) is 0 Å². The Bertz CT molecular complexity index is 855. The predicted octanol–water partition coefficient (Wildman–Crippen LogP) is 4.59. The lowest BCUT2D eigenvalue weighted by Gasteiger charge is -2.34. The maximum absolute atomic E-state index is 13.7. The van der Waals surface area contributed by atoms with Crippen LogP contribution >= 0.6 is 0 Å². The molecule has 3 nitrogen and oxygen atoms in total. The number of likely N-dealkylation sites (N-methyl/N-ethyl adjacent to an activating group) is 1. The van der Waals surface area contributed by atoms with Crippen LogP contribution in [0.15, 0.2) is 60.8 Å². The molecule has 0 radical (unpaired) electrons. The van der Waals surface area contributed by atoms with Crippen LogP contribution in [0.1, 0.15) is 24.1 Å². The van der Waals surface area contributed by atoms with E-state index in [2.05, 4.69) is 59.9 Å². The molecule has 1 N–H and O–H groups in total. The molecular formula is C23H27F2N3. The molecule has 0 aromatic heterocycles. The first-order chi connectivity index (χ1) is 13.4. The second-order valence-corrected chi connectivity index (χ2v) is 7.25. The van der Waals surface area contributed by atoms with Gasteiger partial charge in [0.25, 0.3) is 0 Å². The fourth-order valence-corrected chi connectivity index (χ4v) is 3.30. The summed E-state index contributed by atoms with van der Waals surface area (Å²) in [6.45, 7) is 10.2. The molecule has 2 aromatic carbocycles. The van der Waals surface area contributed by atoms with Crippen LogP contribution in [-0.2, 0) is 0 Å². The molecule has 3 rings (SSSR count). The van der Waals surface area contributed by atoms with Gasteiger partial charge in [-0.15, -0.1) is 0 Å². The summed E-state index contributed by atoms with van der Waals surface area (Å²) in [6.07, 6.45) is 3.19. The molecule has 28 heavy (non-hydrogen) atoms. The van der Waals surface area contributed by atoms with E-state index >= 15 is 0 Å². The molecule has 0 bridgehead atoms. The Labute approximate surface area is 166 Å². The second kappa shape index (κ2) is 9.02. The third-order valence-electron chi connectivity index (χ3n) is 5.09. The monoisotopic (exact) mass is 383 g/mol. The number of anilines is 1. The molecular weight excluding hydrogens is 356 g/mol. The van der Waals surface area contributed by atoms with E-state index in [0.717, 1.165) is 37.8 Å². The van der Waals surface area contributed by atoms with Crippen molar-refractivity contribution in [3.05, 3.63) is 83.6 Å². The van der Waals surface area contributed by atoms with Gasteiger partial charge >= 0.3 is 0 Å². The minimum absolute atomic E-state index is 0.0434. The zero-order valence-corrected chi connectivity index (χ0v) is 16.5. The van der Waals surface area contributed by atoms with E-state index < -0.39 is 11.6 Å². The number of piperazine rings is 1. The summed E-state index contributed by atoms with van der Waals surface area (Å²) < 4.78 is 27.0. The number of nitrogens with one attached hydrogen (secondary N) is 1. The lowest BCUT2D eigenvalue weighted by molar-refractivity contribution is 0.313. The molecule has 1 atom stereocenters. The highest BCUT2D eigenvalue weighted by Gasteiger charge is 2.15. The van der Waals surface area contributed by atoms with Gasteiger partial charge in [-0.3, -0.25) is 0 Å². The molecule has 0 aliphatic carbocycles. The van der Waals surface area contributed by atoms with Crippen LogP contribution in [0.25, 0.3) is 6.08 Å². The van der Waals surface area contributed by atoms with E-state index in [-0.39, 0.29) is 11.6 Å². The molecule has 1 heterocycles. The van der Waals surface area contributed by atoms with E-state index in [0.29, 0.717) is 5.70 Å². The standard InChI is InChI=1S/C23H27F2N3/c1-17(10-11-19-6-5-9-22(24)23(19)25)26-18(2)20-7-4-8-21(16-20)28-14-12-27(3)13-15-28/h4-11,16,18,26H,1,12-15H2,2-3H3/b11-10+/t18-/m0/s1. The number of allylic oxidation sites excluding steroid dienone is 1. The number of halogens is 2. The third kappa shape index (κ3) is 4.98. The Morgan fingerprint density at radius 3 is 2.57 bits per heavy atom. The van der Waals surface area contributed by atoms with Crippen molar-refractivity contribution in [3.63, 3.8) is 0 Å². The zero-order chi connectivity index (χ0) is 20.1. The molecule has 0 amide bonds. The zero-order valence-electron chi connectivity index (χ0n) is 16.5. The van der Waals surface area contributed by atoms with Crippen LogP contribution in [0.4, 0.5) is 14.5 Å². The van der Waals surface area contributed by atoms with Crippen molar-refractivity contribution in [2.75, 3.05) is 38.1 Å². The first kappa shape index (κ1) is 20.1. The Kier molecular flexibility index (Phi) is 6.47. The Morgan fingerprint density at radius 2 is 1.82 bits per heavy atom. The topological polar surface area (TPSA) is 18.5 Å². The Morgan fingerprint density at radius 1 is 1.11 bits per heavy atom. The second-order valence-electron chi connectivity index (χ2n) is 7.25. The summed E-state index contributed by atoms with van der Waals surface area (Å²) in [6, 6.07) is 12.7. The first-order valence-electron chi connectivity index (χ1n) is 9.55. The Balaban J connectivity index is 1.63. The molecule has 2 aromatic rings. The van der Waals surface area contributed by atoms with Gasteiger partial charge in [-0.05, 0) is 49.9 Å². The van der Waals surface area contributed by atoms with Gasteiger partial charge in [0, 0.05) is 49.2 Å². The van der Waals surface area contributed by atoms with Gasteiger partial charge in [-0.2, -0.15) is 0 Å². The van der Waals surface area contributed by atoms with E-state index in [9.17, 15) is 8.78 Å². The van der Waals surface area contributed by atoms with Gasteiger partial charge in [0.05, 0.1) is 0 Å². The number of hydrogen-bond acceptors (Lipinski definition) is 3. The van der Waals surface area contributed by atoms with Crippen molar-refractivity contribution in [1.82, 2.24) is 10.2 Å². The van der Waals surface area contributed by atoms with E-state index in [1.165, 1.54) is 23.9 Å². The average molecular weight is 383 g/mol. The quantitative estimate of drug-likeness (QED) is 0.736. The molecule has 0 saturated carbocycles. The number of rotatable bonds is 6. The van der Waals surface area contributed by atoms with E-state index in [1.54, 1.807) is 6.08 Å². The number of nitrogens with zero attached hydrogens (tertiary/aromatic N) is 2. The Hall–Kier alpha value is -2.66. The molecule has 5 heteroatoms. The van der Waals surface area contributed by atoms with Crippen molar-refractivity contribution in [2.24, 2.45) is 0 Å². The number of hydrogen-bond donors (Lipinski definition) is 1. The highest BCUT2D eigenvalue weighted by molar-refractivity contribution is 5.53. The van der Waals surface area contributed by atoms with Crippen LogP contribution in [0.2, 0.25) is 0 Å². The summed E-state index contributed by atoms with van der Waals surface area (Å²) in [4.78, 5) is 4.74. The summed E-state index contributed by atoms with van der Waals surface area (Å²) in [5.41, 5.74) is 3.22. The van der Waals surface area contributed by atoms with Crippen molar-refractivity contribution in [3.8, 4) is 0 Å². The fourth-order valence-electron chi connectivity index (χ4n) is 3.30. The highest BCUT2D eigenvalue weighted by Crippen LogP contribution is 2.22. The van der Waals surface area contributed by atoms with Crippen LogP contribution in [-0.4, -0.2) is 38.1 Å². The lowest BCUT2D eigenvalue weighted by atomic mass is 10.1. The van der Waals surface area contributed by atoms with E-state index in [1.807, 2.05) is 0 Å². The van der Waals surface area contributed by atoms with Gasteiger partial charge in [0.2, 0.25) is 0 Å². The van der Waals surface area contributed by atoms with Gasteiger partial charge < -0.3 is 15.1 Å². The molecule has 148 valence electrons. The third-order valence-corrected chi connectivity index (χ3v) is 5.09. The van der Waals surface area contributed by atoms with Crippen molar-refractivity contribution < 1.29 is 8.78 Å². The average Bonchev–Trinajstić information content (AvgIpc) is 2.70. The first-order valence-corrected chi connectivity index (χ1v) is 9.55. The predicted molar refractivity (Wildman–Crippen MR) is 112 cm³/mol. The summed E-state index contributed by atoms with van der Waals surface area (Å²) in [5, 5.41) is 3.31. The minimum atomic E-state index is -0.852. The smallest absolute Gasteiger partial charge is 0.166 e. The van der Waals surface area contributed by atoms with Crippen molar-refractivity contribution in [1.29, 1.82) is 0 Å². The molecule has 1 saturated heterocycles. The number of benzene rings is 2. The van der Waals surface area contributed by atoms with Crippen molar-refractivity contribution >= 4 is 11.8 Å². The van der Waals surface area contributed by atoms with Gasteiger partial charge in [-0.1, -0.05) is 30.8 Å². The highest BCUT2D eigenvalue weighted by atomic mass is 19.2. The summed E-state index contributed by atoms with van der Waals surface area (Å²) >= 11 is 0. The molecule has 1 aliphatic heterocycles. The lowest BCUT2D eigenvalue weighted by Crippen LogP contribution is -2.44. The SMILES string of the molecule is C=C(/C=C/c1cccc(F)c1F)N[C@@H](C)c1cccc(N2CCN(C)CC2)c1. The summed E-state index contributed by atoms with van der Waals surface area (Å²) in [7, 11) is 2.15. The van der Waals surface area contributed by atoms with Gasteiger partial charge in [-0.25, -0.2) is 8.78 Å². The molecule has 1 fully saturated rings. The fraction of sp³-hybridized carbons (Fsp3) is 0.304. The molecule has 0 unspecified atom stereocenters. The normalized spacial score (nSPS) is 16.4.